The van der Waals surface area contributed by atoms with Crippen LogP contribution in [0.5, 0.6) is 0 Å². The lowest BCUT2D eigenvalue weighted by molar-refractivity contribution is 0.0950. The molecular weight excluding hydrogens is 244 g/mol. The van der Waals surface area contributed by atoms with Crippen LogP contribution >= 0.6 is 0 Å². The Kier molecular flexibility index (Phi) is 4.10. The Morgan fingerprint density at radius 1 is 1.21 bits per heavy atom. The molecule has 19 heavy (non-hydrogen) atoms. The number of aliphatic hydroxyl groups is 1. The average Bonchev–Trinajstić information content (AvgIpc) is 2.45. The summed E-state index contributed by atoms with van der Waals surface area (Å²) in [4.78, 5) is 25.4. The number of benzene rings is 1. The number of hydrogen-bond acceptors (Lipinski definition) is 3. The molecule has 5 nitrogen and oxygen atoms in total. The molecule has 0 spiro atoms. The van der Waals surface area contributed by atoms with E-state index in [0.717, 1.165) is 11.1 Å². The van der Waals surface area contributed by atoms with Gasteiger partial charge in [0.25, 0.3) is 5.91 Å². The maximum atomic E-state index is 11.8. The minimum absolute atomic E-state index is 0.0724. The summed E-state index contributed by atoms with van der Waals surface area (Å²) >= 11 is 0. The molecule has 0 unspecified atom stereocenters. The topological polar surface area (TPSA) is 82.2 Å². The van der Waals surface area contributed by atoms with Crippen LogP contribution in [0.15, 0.2) is 47.4 Å². The third-order valence-corrected chi connectivity index (χ3v) is 2.77. The van der Waals surface area contributed by atoms with Crippen molar-refractivity contribution in [2.24, 2.45) is 0 Å². The van der Waals surface area contributed by atoms with Gasteiger partial charge in [-0.25, -0.2) is 0 Å². The highest BCUT2D eigenvalue weighted by molar-refractivity contribution is 5.93. The van der Waals surface area contributed by atoms with E-state index in [1.165, 1.54) is 18.3 Å². The molecular formula is C14H14N2O3. The summed E-state index contributed by atoms with van der Waals surface area (Å²) in [7, 11) is 0. The number of aromatic nitrogens is 1. The number of pyridine rings is 1. The number of aliphatic hydroxyl groups excluding tert-OH is 1. The molecule has 5 heteroatoms. The fourth-order valence-corrected chi connectivity index (χ4v) is 1.75. The van der Waals surface area contributed by atoms with Crippen LogP contribution in [0.2, 0.25) is 0 Å². The molecule has 0 fully saturated rings. The second kappa shape index (κ2) is 5.97. The Hall–Kier alpha value is -2.40. The number of carbonyl (C=O) groups excluding carboxylic acids is 1. The number of carbonyl (C=O) groups is 1. The smallest absolute Gasteiger partial charge is 0.251 e. The largest absolute Gasteiger partial charge is 0.392 e. The number of aromatic amines is 1. The first kappa shape index (κ1) is 13.0. The molecule has 1 amide bonds. The maximum Gasteiger partial charge on any atom is 0.251 e. The molecule has 1 heterocycles. The van der Waals surface area contributed by atoms with E-state index < -0.39 is 0 Å². The number of H-pyrrole nitrogens is 1. The summed E-state index contributed by atoms with van der Waals surface area (Å²) in [5.41, 5.74) is 1.62. The van der Waals surface area contributed by atoms with Gasteiger partial charge in [0, 0.05) is 24.4 Å². The molecule has 0 saturated heterocycles. The van der Waals surface area contributed by atoms with Gasteiger partial charge < -0.3 is 15.4 Å². The van der Waals surface area contributed by atoms with Crippen LogP contribution in [0, 0.1) is 0 Å². The van der Waals surface area contributed by atoms with E-state index in [4.69, 9.17) is 0 Å². The van der Waals surface area contributed by atoms with Crippen molar-refractivity contribution < 1.29 is 9.90 Å². The van der Waals surface area contributed by atoms with Crippen molar-refractivity contribution in [2.75, 3.05) is 0 Å². The van der Waals surface area contributed by atoms with Crippen LogP contribution in [-0.2, 0) is 13.2 Å². The second-order valence-electron chi connectivity index (χ2n) is 4.05. The van der Waals surface area contributed by atoms with Gasteiger partial charge in [-0.15, -0.1) is 0 Å². The summed E-state index contributed by atoms with van der Waals surface area (Å²) in [6.07, 6.45) is 1.43. The monoisotopic (exact) mass is 258 g/mol. The molecule has 0 aliphatic rings. The Morgan fingerprint density at radius 2 is 1.95 bits per heavy atom. The number of nitrogens with one attached hydrogen (secondary N) is 2. The van der Waals surface area contributed by atoms with E-state index in [1.54, 1.807) is 6.07 Å². The van der Waals surface area contributed by atoms with Crippen molar-refractivity contribution in [1.82, 2.24) is 10.3 Å². The lowest BCUT2D eigenvalue weighted by Crippen LogP contribution is -2.24. The Labute approximate surface area is 109 Å². The Bertz CT molecular complexity index is 634. The van der Waals surface area contributed by atoms with Crippen molar-refractivity contribution in [1.29, 1.82) is 0 Å². The SMILES string of the molecule is O=C(NCc1ccccc1CO)c1cc[nH]c(=O)c1. The highest BCUT2D eigenvalue weighted by atomic mass is 16.3. The van der Waals surface area contributed by atoms with Gasteiger partial charge in [-0.1, -0.05) is 24.3 Å². The van der Waals surface area contributed by atoms with E-state index >= 15 is 0 Å². The van der Waals surface area contributed by atoms with E-state index in [0.29, 0.717) is 12.1 Å². The first-order valence-electron chi connectivity index (χ1n) is 5.85. The van der Waals surface area contributed by atoms with Crippen LogP contribution in [0.3, 0.4) is 0 Å². The van der Waals surface area contributed by atoms with Crippen molar-refractivity contribution in [3.05, 3.63) is 69.6 Å². The summed E-state index contributed by atoms with van der Waals surface area (Å²) in [6, 6.07) is 10.1. The zero-order valence-corrected chi connectivity index (χ0v) is 10.2. The fourth-order valence-electron chi connectivity index (χ4n) is 1.75. The molecule has 2 aromatic rings. The standard InChI is InChI=1S/C14H14N2O3/c17-9-12-4-2-1-3-11(12)8-16-14(19)10-5-6-15-13(18)7-10/h1-7,17H,8-9H2,(H,15,18)(H,16,19). The zero-order valence-electron chi connectivity index (χ0n) is 10.2. The highest BCUT2D eigenvalue weighted by Gasteiger charge is 2.07. The normalized spacial score (nSPS) is 10.2. The molecule has 0 aliphatic heterocycles. The number of hydrogen-bond donors (Lipinski definition) is 3. The van der Waals surface area contributed by atoms with Gasteiger partial charge in [-0.05, 0) is 17.2 Å². The third kappa shape index (κ3) is 3.29. The quantitative estimate of drug-likeness (QED) is 0.758. The van der Waals surface area contributed by atoms with Gasteiger partial charge in [0.2, 0.25) is 5.56 Å². The fraction of sp³-hybridized carbons (Fsp3) is 0.143. The lowest BCUT2D eigenvalue weighted by atomic mass is 10.1. The Balaban J connectivity index is 2.06. The van der Waals surface area contributed by atoms with Gasteiger partial charge in [-0.2, -0.15) is 0 Å². The predicted molar refractivity (Wildman–Crippen MR) is 70.6 cm³/mol. The second-order valence-corrected chi connectivity index (χ2v) is 4.05. The van der Waals surface area contributed by atoms with E-state index in [9.17, 15) is 14.7 Å². The molecule has 0 aliphatic carbocycles. The zero-order chi connectivity index (χ0) is 13.7. The van der Waals surface area contributed by atoms with Crippen molar-refractivity contribution in [3.8, 4) is 0 Å². The first-order valence-corrected chi connectivity index (χ1v) is 5.85. The van der Waals surface area contributed by atoms with Crippen LogP contribution < -0.4 is 10.9 Å². The van der Waals surface area contributed by atoms with Crippen LogP contribution in [-0.4, -0.2) is 16.0 Å². The molecule has 0 bridgehead atoms. The maximum absolute atomic E-state index is 11.8. The molecule has 98 valence electrons. The van der Waals surface area contributed by atoms with Gasteiger partial charge in [0.05, 0.1) is 6.61 Å². The van der Waals surface area contributed by atoms with Crippen molar-refractivity contribution >= 4 is 5.91 Å². The lowest BCUT2D eigenvalue weighted by Gasteiger charge is -2.08. The van der Waals surface area contributed by atoms with Gasteiger partial charge in [-0.3, -0.25) is 9.59 Å². The molecule has 2 rings (SSSR count). The van der Waals surface area contributed by atoms with Crippen LogP contribution in [0.25, 0.3) is 0 Å². The third-order valence-electron chi connectivity index (χ3n) is 2.77. The van der Waals surface area contributed by atoms with E-state index in [1.807, 2.05) is 18.2 Å². The summed E-state index contributed by atoms with van der Waals surface area (Å²) in [5, 5.41) is 11.9. The summed E-state index contributed by atoms with van der Waals surface area (Å²) in [5.74, 6) is -0.321. The minimum Gasteiger partial charge on any atom is -0.392 e. The highest BCUT2D eigenvalue weighted by Crippen LogP contribution is 2.08. The van der Waals surface area contributed by atoms with Crippen molar-refractivity contribution in [3.63, 3.8) is 0 Å². The molecule has 3 N–H and O–H groups in total. The molecule has 1 aromatic heterocycles. The minimum atomic E-state index is -0.321. The van der Waals surface area contributed by atoms with Gasteiger partial charge in [0.1, 0.15) is 0 Å². The molecule has 0 atom stereocenters. The first-order chi connectivity index (χ1) is 9.20. The molecule has 1 aromatic carbocycles. The van der Waals surface area contributed by atoms with Crippen LogP contribution in [0.1, 0.15) is 21.5 Å². The van der Waals surface area contributed by atoms with E-state index in [-0.39, 0.29) is 18.1 Å². The number of rotatable bonds is 4. The number of amides is 1. The summed E-state index contributed by atoms with van der Waals surface area (Å²) in [6.45, 7) is 0.236. The Morgan fingerprint density at radius 3 is 2.63 bits per heavy atom. The summed E-state index contributed by atoms with van der Waals surface area (Å²) < 4.78 is 0. The van der Waals surface area contributed by atoms with E-state index in [2.05, 4.69) is 10.3 Å². The average molecular weight is 258 g/mol. The van der Waals surface area contributed by atoms with Crippen LogP contribution in [0.4, 0.5) is 0 Å². The molecule has 0 radical (unpaired) electrons. The van der Waals surface area contributed by atoms with Gasteiger partial charge in [0.15, 0.2) is 0 Å². The van der Waals surface area contributed by atoms with Gasteiger partial charge >= 0.3 is 0 Å². The predicted octanol–water partition coefficient (Wildman–Crippen LogP) is 0.797. The van der Waals surface area contributed by atoms with Crippen molar-refractivity contribution in [2.45, 2.75) is 13.2 Å². The molecule has 0 saturated carbocycles.